The van der Waals surface area contributed by atoms with Gasteiger partial charge < -0.3 is 4.74 Å². The Morgan fingerprint density at radius 1 is 1.50 bits per heavy atom. The van der Waals surface area contributed by atoms with Crippen molar-refractivity contribution in [3.05, 3.63) is 40.9 Å². The molecule has 0 amide bonds. The zero-order valence-electron chi connectivity index (χ0n) is 7.83. The molecule has 0 unspecified atom stereocenters. The quantitative estimate of drug-likeness (QED) is 0.763. The Morgan fingerprint density at radius 2 is 2.14 bits per heavy atom. The summed E-state index contributed by atoms with van der Waals surface area (Å²) in [6.45, 7) is 2.35. The molecule has 0 aliphatic carbocycles. The van der Waals surface area contributed by atoms with E-state index in [-0.39, 0.29) is 0 Å². The highest BCUT2D eigenvalue weighted by atomic mass is 35.5. The molecule has 3 heteroatoms. The van der Waals surface area contributed by atoms with Crippen molar-refractivity contribution in [2.75, 3.05) is 6.61 Å². The predicted molar refractivity (Wildman–Crippen MR) is 56.3 cm³/mol. The van der Waals surface area contributed by atoms with E-state index < -0.39 is 0 Å². The van der Waals surface area contributed by atoms with E-state index in [1.807, 2.05) is 13.0 Å². The van der Waals surface area contributed by atoms with E-state index in [1.54, 1.807) is 24.3 Å². The van der Waals surface area contributed by atoms with Gasteiger partial charge in [0.2, 0.25) is 0 Å². The van der Waals surface area contributed by atoms with E-state index in [9.17, 15) is 0 Å². The lowest BCUT2D eigenvalue weighted by atomic mass is 10.2. The molecule has 2 nitrogen and oxygen atoms in total. The fraction of sp³-hybridized carbons (Fsp3) is 0.182. The number of nitrogens with zero attached hydrogens (tertiary/aromatic N) is 1. The van der Waals surface area contributed by atoms with Crippen LogP contribution in [0, 0.1) is 11.3 Å². The molecule has 0 aromatic heterocycles. The summed E-state index contributed by atoms with van der Waals surface area (Å²) in [5, 5.41) is 8.57. The van der Waals surface area contributed by atoms with Gasteiger partial charge in [0.15, 0.2) is 0 Å². The Hall–Kier alpha value is -1.46. The van der Waals surface area contributed by atoms with Crippen LogP contribution in [0.1, 0.15) is 12.5 Å². The summed E-state index contributed by atoms with van der Waals surface area (Å²) in [5.74, 6) is 0.738. The number of halogens is 1. The molecule has 1 aromatic rings. The molecule has 1 rings (SSSR count). The monoisotopic (exact) mass is 207 g/mol. The lowest BCUT2D eigenvalue weighted by molar-refractivity contribution is 0.352. The van der Waals surface area contributed by atoms with E-state index >= 15 is 0 Å². The molecule has 0 bridgehead atoms. The summed E-state index contributed by atoms with van der Waals surface area (Å²) in [5.41, 5.74) is 3.07. The normalized spacial score (nSPS) is 10.8. The fourth-order valence-electron chi connectivity index (χ4n) is 0.854. The molecule has 0 aliphatic heterocycles. The molecule has 0 radical (unpaired) electrons. The van der Waals surface area contributed by atoms with Crippen LogP contribution in [0.15, 0.2) is 35.4 Å². The van der Waals surface area contributed by atoms with Crippen LogP contribution in [0.4, 0.5) is 0 Å². The maximum Gasteiger partial charge on any atom is 0.119 e. The fourth-order valence-corrected chi connectivity index (χ4v) is 0.917. The van der Waals surface area contributed by atoms with E-state index in [2.05, 4.69) is 0 Å². The largest absolute Gasteiger partial charge is 0.489 e. The molecule has 0 heterocycles. The van der Waals surface area contributed by atoms with Crippen LogP contribution in [0.2, 0.25) is 0 Å². The number of rotatable bonds is 3. The Balaban J connectivity index is 2.57. The second-order valence-electron chi connectivity index (χ2n) is 2.88. The van der Waals surface area contributed by atoms with E-state index in [0.29, 0.717) is 12.2 Å². The minimum atomic E-state index is 0.468. The van der Waals surface area contributed by atoms with Gasteiger partial charge >= 0.3 is 0 Å². The molecule has 0 fully saturated rings. The molecular weight excluding hydrogens is 198 g/mol. The lowest BCUT2D eigenvalue weighted by Crippen LogP contribution is -1.97. The average molecular weight is 208 g/mol. The van der Waals surface area contributed by atoms with Crippen molar-refractivity contribution >= 4 is 11.6 Å². The number of hydrogen-bond acceptors (Lipinski definition) is 2. The first kappa shape index (κ1) is 10.6. The highest BCUT2D eigenvalue weighted by Crippen LogP contribution is 2.12. The van der Waals surface area contributed by atoms with Crippen LogP contribution in [-0.2, 0) is 0 Å². The SMILES string of the molecule is C/C(=C/Cl)COc1ccc(C#N)cc1. The third kappa shape index (κ3) is 3.12. The van der Waals surface area contributed by atoms with Crippen molar-refractivity contribution in [3.8, 4) is 11.8 Å². The second kappa shape index (κ2) is 5.31. The number of hydrogen-bond donors (Lipinski definition) is 0. The van der Waals surface area contributed by atoms with Gasteiger partial charge in [-0.2, -0.15) is 5.26 Å². The van der Waals surface area contributed by atoms with Gasteiger partial charge in [0.05, 0.1) is 11.6 Å². The maximum atomic E-state index is 8.57. The van der Waals surface area contributed by atoms with Gasteiger partial charge in [-0.05, 0) is 36.8 Å². The molecule has 14 heavy (non-hydrogen) atoms. The zero-order chi connectivity index (χ0) is 10.4. The number of nitriles is 1. The van der Waals surface area contributed by atoms with Crippen molar-refractivity contribution < 1.29 is 4.74 Å². The molecule has 0 saturated heterocycles. The Kier molecular flexibility index (Phi) is 4.03. The van der Waals surface area contributed by atoms with Crippen LogP contribution < -0.4 is 4.74 Å². The maximum absolute atomic E-state index is 8.57. The van der Waals surface area contributed by atoms with Crippen molar-refractivity contribution in [2.45, 2.75) is 6.92 Å². The summed E-state index contributed by atoms with van der Waals surface area (Å²) >= 11 is 5.48. The predicted octanol–water partition coefficient (Wildman–Crippen LogP) is 3.08. The lowest BCUT2D eigenvalue weighted by Gasteiger charge is -2.04. The molecule has 0 saturated carbocycles. The summed E-state index contributed by atoms with van der Waals surface area (Å²) in [7, 11) is 0. The van der Waals surface area contributed by atoms with E-state index in [4.69, 9.17) is 21.6 Å². The Bertz CT molecular complexity index is 362. The van der Waals surface area contributed by atoms with Crippen molar-refractivity contribution in [3.63, 3.8) is 0 Å². The van der Waals surface area contributed by atoms with Crippen LogP contribution in [0.3, 0.4) is 0 Å². The number of benzene rings is 1. The topological polar surface area (TPSA) is 33.0 Å². The smallest absolute Gasteiger partial charge is 0.119 e. The second-order valence-corrected chi connectivity index (χ2v) is 3.10. The summed E-state index contributed by atoms with van der Waals surface area (Å²) < 4.78 is 5.40. The molecule has 0 spiro atoms. The van der Waals surface area contributed by atoms with Crippen molar-refractivity contribution in [2.24, 2.45) is 0 Å². The van der Waals surface area contributed by atoms with E-state index in [0.717, 1.165) is 11.3 Å². The van der Waals surface area contributed by atoms with Gasteiger partial charge in [-0.25, -0.2) is 0 Å². The van der Waals surface area contributed by atoms with Crippen molar-refractivity contribution in [1.82, 2.24) is 0 Å². The summed E-state index contributed by atoms with van der Waals surface area (Å²) in [6, 6.07) is 9.00. The summed E-state index contributed by atoms with van der Waals surface area (Å²) in [6.07, 6.45) is 0. The van der Waals surface area contributed by atoms with Crippen LogP contribution in [0.25, 0.3) is 0 Å². The Labute approximate surface area is 88.4 Å². The van der Waals surface area contributed by atoms with Gasteiger partial charge in [-0.3, -0.25) is 0 Å². The van der Waals surface area contributed by atoms with Gasteiger partial charge in [0.1, 0.15) is 12.4 Å². The van der Waals surface area contributed by atoms with Gasteiger partial charge in [0, 0.05) is 5.54 Å². The standard InChI is InChI=1S/C11H10ClNO/c1-9(6-12)8-14-11-4-2-10(7-13)3-5-11/h2-6H,8H2,1H3/b9-6-. The molecule has 1 aromatic carbocycles. The average Bonchev–Trinajstić information content (AvgIpc) is 2.26. The highest BCUT2D eigenvalue weighted by molar-refractivity contribution is 6.25. The van der Waals surface area contributed by atoms with Crippen LogP contribution in [0.5, 0.6) is 5.75 Å². The highest BCUT2D eigenvalue weighted by Gasteiger charge is 1.94. The van der Waals surface area contributed by atoms with Crippen LogP contribution >= 0.6 is 11.6 Å². The Morgan fingerprint density at radius 3 is 2.64 bits per heavy atom. The van der Waals surface area contributed by atoms with Gasteiger partial charge in [-0.1, -0.05) is 11.6 Å². The molecule has 72 valence electrons. The molecule has 0 aliphatic rings. The van der Waals surface area contributed by atoms with Gasteiger partial charge in [-0.15, -0.1) is 0 Å². The molecule has 0 N–H and O–H groups in total. The van der Waals surface area contributed by atoms with E-state index in [1.165, 1.54) is 5.54 Å². The minimum Gasteiger partial charge on any atom is -0.489 e. The third-order valence-corrected chi connectivity index (χ3v) is 2.01. The van der Waals surface area contributed by atoms with Crippen molar-refractivity contribution in [1.29, 1.82) is 5.26 Å². The van der Waals surface area contributed by atoms with Crippen LogP contribution in [-0.4, -0.2) is 6.61 Å². The zero-order valence-corrected chi connectivity index (χ0v) is 8.58. The first-order chi connectivity index (χ1) is 6.76. The first-order valence-corrected chi connectivity index (χ1v) is 4.58. The number of ether oxygens (including phenoxy) is 1. The molecule has 0 atom stereocenters. The van der Waals surface area contributed by atoms with Gasteiger partial charge in [0.25, 0.3) is 0 Å². The summed E-state index contributed by atoms with van der Waals surface area (Å²) in [4.78, 5) is 0. The minimum absolute atomic E-state index is 0.468. The first-order valence-electron chi connectivity index (χ1n) is 4.15. The third-order valence-electron chi connectivity index (χ3n) is 1.64. The molecular formula is C11H10ClNO.